The second kappa shape index (κ2) is 19.4. The molecule has 0 aliphatic rings. The number of benzene rings is 6. The third kappa shape index (κ3) is 11.3. The lowest BCUT2D eigenvalue weighted by Gasteiger charge is -2.22. The van der Waals surface area contributed by atoms with E-state index in [0.29, 0.717) is 11.1 Å². The normalized spacial score (nSPS) is 9.96. The van der Waals surface area contributed by atoms with E-state index in [1.165, 1.54) is 40.0 Å². The summed E-state index contributed by atoms with van der Waals surface area (Å²) in [6.07, 6.45) is 3.72. The van der Waals surface area contributed by atoms with Crippen molar-refractivity contribution in [3.05, 3.63) is 193 Å². The van der Waals surface area contributed by atoms with Crippen LogP contribution in [0.25, 0.3) is 0 Å². The van der Waals surface area contributed by atoms with Crippen molar-refractivity contribution in [1.82, 2.24) is 0 Å². The third-order valence-electron chi connectivity index (χ3n) is 6.84. The highest BCUT2D eigenvalue weighted by atomic mass is 31.1. The smallest absolute Gasteiger partial charge is 0.0991 e. The lowest BCUT2D eigenvalue weighted by molar-refractivity contribution is 1.11. The molecule has 0 saturated carbocycles. The molecule has 0 fully saturated rings. The van der Waals surface area contributed by atoms with Crippen molar-refractivity contribution in [2.24, 2.45) is 0 Å². The summed E-state index contributed by atoms with van der Waals surface area (Å²) in [7, 11) is -0.618. The van der Waals surface area contributed by atoms with Gasteiger partial charge < -0.3 is 0 Å². The van der Waals surface area contributed by atoms with Gasteiger partial charge in [0.1, 0.15) is 0 Å². The van der Waals surface area contributed by atoms with Gasteiger partial charge >= 0.3 is 0 Å². The first-order valence-electron chi connectivity index (χ1n) is 14.9. The van der Waals surface area contributed by atoms with Gasteiger partial charge in [0.25, 0.3) is 0 Å². The molecule has 6 aromatic rings. The molecule has 0 unspecified atom stereocenters. The van der Waals surface area contributed by atoms with Crippen molar-refractivity contribution in [2.45, 2.75) is 6.42 Å². The van der Waals surface area contributed by atoms with E-state index in [1.807, 2.05) is 48.5 Å². The van der Waals surface area contributed by atoms with Gasteiger partial charge in [-0.25, -0.2) is 0 Å². The number of nitrogens with zero attached hydrogens (tertiary/aromatic N) is 2. The van der Waals surface area contributed by atoms with Gasteiger partial charge in [-0.2, -0.15) is 10.5 Å². The molecule has 45 heavy (non-hydrogen) atoms. The van der Waals surface area contributed by atoms with Gasteiger partial charge in [-0.3, -0.25) is 0 Å². The van der Waals surface area contributed by atoms with Gasteiger partial charge in [-0.05, 0) is 80.1 Å². The fourth-order valence-electron chi connectivity index (χ4n) is 4.66. The highest BCUT2D eigenvalue weighted by molar-refractivity contribution is 7.74. The summed E-state index contributed by atoms with van der Waals surface area (Å²) in [5.74, 6) is 0. The molecule has 4 heteroatoms. The van der Waals surface area contributed by atoms with Gasteiger partial charge in [0.2, 0.25) is 0 Å². The molecular formula is C41H36N2P2. The molecule has 2 nitrogen and oxygen atoms in total. The van der Waals surface area contributed by atoms with Crippen molar-refractivity contribution in [3.63, 3.8) is 0 Å². The zero-order valence-corrected chi connectivity index (χ0v) is 27.0. The Labute approximate surface area is 270 Å². The SMILES string of the molecule is N#Cc1ccccc1.N#Cc1ccccc1.c1ccc(P(CCCP(c2ccccc2)c2ccccc2)c2ccccc2)cc1. The van der Waals surface area contributed by atoms with Crippen LogP contribution >= 0.6 is 15.8 Å². The van der Waals surface area contributed by atoms with Gasteiger partial charge in [0.15, 0.2) is 0 Å². The largest absolute Gasteiger partial charge is 0.192 e. The molecule has 220 valence electrons. The first kappa shape index (κ1) is 33.1. The average Bonchev–Trinajstić information content (AvgIpc) is 3.14. The first-order chi connectivity index (χ1) is 22.3. The molecule has 0 saturated heterocycles. The minimum absolute atomic E-state index is 0.309. The number of hydrogen-bond acceptors (Lipinski definition) is 2. The maximum absolute atomic E-state index is 8.29. The van der Waals surface area contributed by atoms with Crippen LogP contribution in [0.1, 0.15) is 17.5 Å². The highest BCUT2D eigenvalue weighted by Crippen LogP contribution is 2.39. The number of rotatable bonds is 8. The zero-order chi connectivity index (χ0) is 31.4. The Morgan fingerprint density at radius 2 is 0.556 bits per heavy atom. The molecule has 0 radical (unpaired) electrons. The lowest BCUT2D eigenvalue weighted by Crippen LogP contribution is -2.17. The van der Waals surface area contributed by atoms with E-state index in [9.17, 15) is 0 Å². The minimum Gasteiger partial charge on any atom is -0.192 e. The standard InChI is InChI=1S/C27H26P2.2C7H5N/c1-5-14-24(15-6-1)28(25-16-7-2-8-17-25)22-13-23-29(26-18-9-3-10-19-26)27-20-11-4-12-21-27;2*8-6-7-4-2-1-3-5-7/h1-12,14-21H,13,22-23H2;2*1-5H. The minimum atomic E-state index is -0.309. The average molecular weight is 619 g/mol. The van der Waals surface area contributed by atoms with Crippen LogP contribution in [0, 0.1) is 22.7 Å². The second-order valence-electron chi connectivity index (χ2n) is 9.95. The summed E-state index contributed by atoms with van der Waals surface area (Å²) < 4.78 is 0. The van der Waals surface area contributed by atoms with Gasteiger partial charge in [-0.15, -0.1) is 0 Å². The van der Waals surface area contributed by atoms with Crippen LogP contribution in [0.3, 0.4) is 0 Å². The van der Waals surface area contributed by atoms with Crippen LogP contribution in [-0.4, -0.2) is 12.3 Å². The Balaban J connectivity index is 0.000000234. The summed E-state index contributed by atoms with van der Waals surface area (Å²) in [5.41, 5.74) is 1.43. The van der Waals surface area contributed by atoms with Crippen LogP contribution in [-0.2, 0) is 0 Å². The summed E-state index contributed by atoms with van der Waals surface area (Å²) in [5, 5.41) is 22.5. The predicted molar refractivity (Wildman–Crippen MR) is 195 cm³/mol. The molecule has 0 aromatic heterocycles. The maximum atomic E-state index is 8.29. The molecule has 0 amide bonds. The Bertz CT molecular complexity index is 1510. The molecule has 0 bridgehead atoms. The van der Waals surface area contributed by atoms with Crippen molar-refractivity contribution in [1.29, 1.82) is 10.5 Å². The zero-order valence-electron chi connectivity index (χ0n) is 25.2. The number of hydrogen-bond donors (Lipinski definition) is 0. The van der Waals surface area contributed by atoms with Gasteiger partial charge in [-0.1, -0.05) is 158 Å². The monoisotopic (exact) mass is 618 g/mol. The third-order valence-corrected chi connectivity index (χ3v) is 12.1. The van der Waals surface area contributed by atoms with Crippen LogP contribution in [0.4, 0.5) is 0 Å². The first-order valence-corrected chi connectivity index (χ1v) is 18.0. The van der Waals surface area contributed by atoms with Crippen molar-refractivity contribution < 1.29 is 0 Å². The van der Waals surface area contributed by atoms with E-state index in [0.717, 1.165) is 0 Å². The molecule has 0 N–H and O–H groups in total. The Kier molecular flexibility index (Phi) is 14.3. The van der Waals surface area contributed by atoms with Crippen LogP contribution in [0.15, 0.2) is 182 Å². The molecule has 0 heterocycles. The molecule has 0 spiro atoms. The van der Waals surface area contributed by atoms with E-state index in [-0.39, 0.29) is 15.8 Å². The summed E-state index contributed by atoms with van der Waals surface area (Å²) in [4.78, 5) is 0. The maximum Gasteiger partial charge on any atom is 0.0991 e. The van der Waals surface area contributed by atoms with Crippen molar-refractivity contribution in [2.75, 3.05) is 12.3 Å². The Hall–Kier alpha value is -4.84. The quantitative estimate of drug-likeness (QED) is 0.160. The van der Waals surface area contributed by atoms with Crippen LogP contribution < -0.4 is 21.2 Å². The molecule has 0 aliphatic heterocycles. The van der Waals surface area contributed by atoms with Gasteiger partial charge in [0.05, 0.1) is 23.3 Å². The predicted octanol–water partition coefficient (Wildman–Crippen LogP) is 8.76. The Morgan fingerprint density at radius 3 is 0.756 bits per heavy atom. The topological polar surface area (TPSA) is 47.6 Å². The van der Waals surface area contributed by atoms with E-state index >= 15 is 0 Å². The summed E-state index contributed by atoms with van der Waals surface area (Å²) in [6.45, 7) is 0. The fraction of sp³-hybridized carbons (Fsp3) is 0.0732. The molecule has 6 aromatic carbocycles. The van der Waals surface area contributed by atoms with E-state index in [1.54, 1.807) is 24.3 Å². The number of nitriles is 2. The lowest BCUT2D eigenvalue weighted by atomic mass is 10.2. The molecule has 6 rings (SSSR count). The van der Waals surface area contributed by atoms with Gasteiger partial charge in [0, 0.05) is 0 Å². The van der Waals surface area contributed by atoms with Crippen molar-refractivity contribution >= 4 is 37.1 Å². The van der Waals surface area contributed by atoms with E-state index < -0.39 is 0 Å². The molecule has 0 atom stereocenters. The molecule has 0 aliphatic carbocycles. The van der Waals surface area contributed by atoms with Crippen molar-refractivity contribution in [3.8, 4) is 12.1 Å². The highest BCUT2D eigenvalue weighted by Gasteiger charge is 2.17. The second-order valence-corrected chi connectivity index (χ2v) is 14.6. The van der Waals surface area contributed by atoms with E-state index in [4.69, 9.17) is 10.5 Å². The van der Waals surface area contributed by atoms with Crippen LogP contribution in [0.5, 0.6) is 0 Å². The summed E-state index contributed by atoms with van der Waals surface area (Å²) in [6, 6.07) is 66.6. The molecular weight excluding hydrogens is 582 g/mol. The van der Waals surface area contributed by atoms with Crippen LogP contribution in [0.2, 0.25) is 0 Å². The summed E-state index contributed by atoms with van der Waals surface area (Å²) >= 11 is 0. The fourth-order valence-corrected chi connectivity index (χ4v) is 9.61. The Morgan fingerprint density at radius 1 is 0.333 bits per heavy atom. The van der Waals surface area contributed by atoms with E-state index in [2.05, 4.69) is 121 Å².